The number of esters is 1. The first-order valence-corrected chi connectivity index (χ1v) is 6.87. The average molecular weight is 375 g/mol. The van der Waals surface area contributed by atoms with Gasteiger partial charge in [-0.2, -0.15) is 13.2 Å². The zero-order valence-electron chi connectivity index (χ0n) is 11.2. The second kappa shape index (κ2) is 6.00. The molecule has 0 amide bonds. The number of phenols is 1. The van der Waals surface area contributed by atoms with Gasteiger partial charge in [-0.05, 0) is 30.7 Å². The molecule has 0 unspecified atom stereocenters. The third-order valence-corrected chi connectivity index (χ3v) is 3.58. The number of para-hydroxylation sites is 1. The summed E-state index contributed by atoms with van der Waals surface area (Å²) in [5.41, 5.74) is -1.94. The maximum Gasteiger partial charge on any atom is 0.417 e. The minimum atomic E-state index is -4.67. The van der Waals surface area contributed by atoms with Gasteiger partial charge in [-0.3, -0.25) is 0 Å². The van der Waals surface area contributed by atoms with Gasteiger partial charge in [-0.15, -0.1) is 0 Å². The Labute approximate surface area is 132 Å². The van der Waals surface area contributed by atoms with Crippen LogP contribution < -0.4 is 4.74 Å². The molecule has 2 aromatic rings. The first kappa shape index (κ1) is 16.4. The predicted octanol–water partition coefficient (Wildman–Crippen LogP) is 4.70. The summed E-state index contributed by atoms with van der Waals surface area (Å²) in [6.07, 6.45) is -4.67. The summed E-state index contributed by atoms with van der Waals surface area (Å²) < 4.78 is 43.8. The van der Waals surface area contributed by atoms with Crippen LogP contribution in [0.1, 0.15) is 21.5 Å². The number of rotatable bonds is 2. The van der Waals surface area contributed by atoms with E-state index in [1.54, 1.807) is 18.2 Å². The van der Waals surface area contributed by atoms with Crippen LogP contribution in [0.5, 0.6) is 11.5 Å². The normalized spacial score (nSPS) is 11.3. The van der Waals surface area contributed by atoms with Crippen molar-refractivity contribution in [2.75, 3.05) is 0 Å². The zero-order chi connectivity index (χ0) is 16.5. The van der Waals surface area contributed by atoms with Crippen molar-refractivity contribution >= 4 is 21.9 Å². The van der Waals surface area contributed by atoms with Crippen molar-refractivity contribution in [1.82, 2.24) is 0 Å². The monoisotopic (exact) mass is 374 g/mol. The van der Waals surface area contributed by atoms with Gasteiger partial charge in [0, 0.05) is 4.47 Å². The van der Waals surface area contributed by atoms with E-state index in [0.29, 0.717) is 0 Å². The van der Waals surface area contributed by atoms with Crippen molar-refractivity contribution < 1.29 is 27.8 Å². The lowest BCUT2D eigenvalue weighted by molar-refractivity contribution is -0.138. The van der Waals surface area contributed by atoms with Crippen LogP contribution in [0.4, 0.5) is 13.2 Å². The number of aromatic hydroxyl groups is 1. The third-order valence-electron chi connectivity index (χ3n) is 2.95. The van der Waals surface area contributed by atoms with Crippen LogP contribution in [0.25, 0.3) is 0 Å². The Morgan fingerprint density at radius 2 is 1.82 bits per heavy atom. The molecule has 0 spiro atoms. The van der Waals surface area contributed by atoms with E-state index in [2.05, 4.69) is 15.9 Å². The molecule has 0 heterocycles. The van der Waals surface area contributed by atoms with Gasteiger partial charge in [0.15, 0.2) is 0 Å². The molecule has 0 radical (unpaired) electrons. The lowest BCUT2D eigenvalue weighted by Gasteiger charge is -2.16. The fraction of sp³-hybridized carbons (Fsp3) is 0.133. The largest absolute Gasteiger partial charge is 0.507 e. The minimum Gasteiger partial charge on any atom is -0.507 e. The van der Waals surface area contributed by atoms with E-state index in [4.69, 9.17) is 4.74 Å². The number of hydrogen-bond acceptors (Lipinski definition) is 3. The number of ether oxygens (including phenoxy) is 1. The molecule has 0 aromatic heterocycles. The fourth-order valence-corrected chi connectivity index (χ4v) is 2.75. The number of alkyl halides is 3. The standard InChI is InChI=1S/C15H10BrF3O3/c1-8-12(14(21)22-9-5-3-2-4-6-9)11(20)7-10(16)13(8)15(17,18)19/h2-7,20H,1H3. The summed E-state index contributed by atoms with van der Waals surface area (Å²) in [7, 11) is 0. The van der Waals surface area contributed by atoms with Crippen LogP contribution in [-0.2, 0) is 6.18 Å². The Bertz CT molecular complexity index is 712. The van der Waals surface area contributed by atoms with Gasteiger partial charge in [0.2, 0.25) is 0 Å². The molecule has 2 rings (SSSR count). The predicted molar refractivity (Wildman–Crippen MR) is 76.9 cm³/mol. The Kier molecular flexibility index (Phi) is 4.46. The van der Waals surface area contributed by atoms with Crippen LogP contribution >= 0.6 is 15.9 Å². The summed E-state index contributed by atoms with van der Waals surface area (Å²) >= 11 is 2.75. The summed E-state index contributed by atoms with van der Waals surface area (Å²) in [5.74, 6) is -1.47. The SMILES string of the molecule is Cc1c(C(=O)Oc2ccccc2)c(O)cc(Br)c1C(F)(F)F. The van der Waals surface area contributed by atoms with Gasteiger partial charge in [-0.25, -0.2) is 4.79 Å². The van der Waals surface area contributed by atoms with Crippen molar-refractivity contribution in [3.63, 3.8) is 0 Å². The number of hydrogen-bond donors (Lipinski definition) is 1. The summed E-state index contributed by atoms with van der Waals surface area (Å²) in [6.45, 7) is 1.11. The Hall–Kier alpha value is -2.02. The van der Waals surface area contributed by atoms with Crippen LogP contribution in [0, 0.1) is 6.92 Å². The van der Waals surface area contributed by atoms with Gasteiger partial charge < -0.3 is 9.84 Å². The number of carbonyl (C=O) groups excluding carboxylic acids is 1. The number of carbonyl (C=O) groups is 1. The highest BCUT2D eigenvalue weighted by Crippen LogP contribution is 2.41. The fourth-order valence-electron chi connectivity index (χ4n) is 2.01. The highest BCUT2D eigenvalue weighted by atomic mass is 79.9. The van der Waals surface area contributed by atoms with E-state index >= 15 is 0 Å². The zero-order valence-corrected chi connectivity index (χ0v) is 12.8. The molecule has 0 saturated carbocycles. The van der Waals surface area contributed by atoms with Crippen LogP contribution in [0.3, 0.4) is 0 Å². The van der Waals surface area contributed by atoms with Crippen LogP contribution in [0.2, 0.25) is 0 Å². The molecule has 0 aliphatic carbocycles. The van der Waals surface area contributed by atoms with E-state index < -0.39 is 34.6 Å². The molecule has 0 aliphatic heterocycles. The molecule has 116 valence electrons. The molecule has 0 atom stereocenters. The lowest BCUT2D eigenvalue weighted by atomic mass is 10.0. The molecule has 0 fully saturated rings. The Morgan fingerprint density at radius 3 is 2.36 bits per heavy atom. The van der Waals surface area contributed by atoms with Gasteiger partial charge in [-0.1, -0.05) is 34.1 Å². The van der Waals surface area contributed by atoms with Gasteiger partial charge in [0.1, 0.15) is 17.1 Å². The smallest absolute Gasteiger partial charge is 0.417 e. The van der Waals surface area contributed by atoms with Crippen molar-refractivity contribution in [3.8, 4) is 11.5 Å². The van der Waals surface area contributed by atoms with Gasteiger partial charge in [0.05, 0.1) is 5.56 Å². The average Bonchev–Trinajstić information content (AvgIpc) is 2.37. The molecular formula is C15H10BrF3O3. The second-order valence-electron chi connectivity index (χ2n) is 4.45. The van der Waals surface area contributed by atoms with Crippen LogP contribution in [-0.4, -0.2) is 11.1 Å². The maximum atomic E-state index is 13.0. The number of phenolic OH excluding ortho intramolecular Hbond substituents is 1. The summed E-state index contributed by atoms with van der Waals surface area (Å²) in [4.78, 5) is 12.1. The van der Waals surface area contributed by atoms with Gasteiger partial charge >= 0.3 is 12.1 Å². The minimum absolute atomic E-state index is 0.169. The molecule has 1 N–H and O–H groups in total. The molecule has 0 saturated heterocycles. The van der Waals surface area contributed by atoms with Crippen molar-refractivity contribution in [2.24, 2.45) is 0 Å². The number of benzene rings is 2. The molecule has 2 aromatic carbocycles. The van der Waals surface area contributed by atoms with Crippen molar-refractivity contribution in [3.05, 3.63) is 57.6 Å². The Balaban J connectivity index is 2.49. The number of halogens is 4. The van der Waals surface area contributed by atoms with Crippen LogP contribution in [0.15, 0.2) is 40.9 Å². The molecule has 0 aliphatic rings. The molecule has 7 heteroatoms. The van der Waals surface area contributed by atoms with Crippen molar-refractivity contribution in [1.29, 1.82) is 0 Å². The first-order chi connectivity index (χ1) is 10.2. The summed E-state index contributed by atoms with van der Waals surface area (Å²) in [6, 6.07) is 8.70. The van der Waals surface area contributed by atoms with E-state index in [0.717, 1.165) is 13.0 Å². The topological polar surface area (TPSA) is 46.5 Å². The van der Waals surface area contributed by atoms with E-state index in [9.17, 15) is 23.1 Å². The Morgan fingerprint density at radius 1 is 1.23 bits per heavy atom. The molecular weight excluding hydrogens is 365 g/mol. The highest BCUT2D eigenvalue weighted by Gasteiger charge is 2.37. The second-order valence-corrected chi connectivity index (χ2v) is 5.31. The third kappa shape index (κ3) is 3.24. The molecule has 0 bridgehead atoms. The van der Waals surface area contributed by atoms with E-state index in [1.165, 1.54) is 12.1 Å². The first-order valence-electron chi connectivity index (χ1n) is 6.08. The van der Waals surface area contributed by atoms with E-state index in [-0.39, 0.29) is 10.2 Å². The lowest BCUT2D eigenvalue weighted by Crippen LogP contribution is -2.16. The highest BCUT2D eigenvalue weighted by molar-refractivity contribution is 9.10. The molecule has 3 nitrogen and oxygen atoms in total. The van der Waals surface area contributed by atoms with Gasteiger partial charge in [0.25, 0.3) is 0 Å². The maximum absolute atomic E-state index is 13.0. The summed E-state index contributed by atoms with van der Waals surface area (Å²) in [5, 5.41) is 9.81. The quantitative estimate of drug-likeness (QED) is 0.612. The van der Waals surface area contributed by atoms with E-state index in [1.807, 2.05) is 0 Å². The van der Waals surface area contributed by atoms with Crippen molar-refractivity contribution in [2.45, 2.75) is 13.1 Å². The molecule has 22 heavy (non-hydrogen) atoms.